The van der Waals surface area contributed by atoms with Crippen molar-refractivity contribution in [2.45, 2.75) is 19.3 Å². The summed E-state index contributed by atoms with van der Waals surface area (Å²) < 4.78 is 0. The van der Waals surface area contributed by atoms with Gasteiger partial charge in [0.1, 0.15) is 0 Å². The normalized spacial score (nSPS) is 12.9. The predicted molar refractivity (Wildman–Crippen MR) is 239 cm³/mol. The van der Waals surface area contributed by atoms with Crippen LogP contribution in [0, 0.1) is 0 Å². The number of nitrogens with zero attached hydrogens (tertiary/aromatic N) is 2. The van der Waals surface area contributed by atoms with Crippen molar-refractivity contribution < 1.29 is 0 Å². The molecule has 2 heteroatoms. The molecule has 11 rings (SSSR count). The van der Waals surface area contributed by atoms with Crippen molar-refractivity contribution in [2.24, 2.45) is 0 Å². The Kier molecular flexibility index (Phi) is 7.55. The van der Waals surface area contributed by atoms with Gasteiger partial charge in [0.05, 0.1) is 11.4 Å². The smallest absolute Gasteiger partial charge is 0.161 e. The zero-order valence-corrected chi connectivity index (χ0v) is 31.9. The summed E-state index contributed by atoms with van der Waals surface area (Å²) in [6, 6.07) is 70.1. The van der Waals surface area contributed by atoms with Crippen molar-refractivity contribution in [1.29, 1.82) is 0 Å². The molecule has 1 aromatic heterocycles. The van der Waals surface area contributed by atoms with Crippen molar-refractivity contribution in [3.63, 3.8) is 0 Å². The van der Waals surface area contributed by atoms with Crippen LogP contribution in [0.15, 0.2) is 194 Å². The van der Waals surface area contributed by atoms with Gasteiger partial charge >= 0.3 is 0 Å². The van der Waals surface area contributed by atoms with Gasteiger partial charge in [-0.05, 0) is 113 Å². The number of hydrogen-bond acceptors (Lipinski definition) is 2. The minimum atomic E-state index is -0.172. The van der Waals surface area contributed by atoms with Gasteiger partial charge in [0.25, 0.3) is 0 Å². The number of rotatable bonds is 5. The Morgan fingerprint density at radius 3 is 1.65 bits per heavy atom. The van der Waals surface area contributed by atoms with Crippen LogP contribution >= 0.6 is 0 Å². The van der Waals surface area contributed by atoms with Crippen LogP contribution < -0.4 is 0 Å². The third-order valence-electron chi connectivity index (χ3n) is 12.0. The molecule has 0 aliphatic heterocycles. The molecule has 0 amide bonds. The molecule has 0 N–H and O–H groups in total. The first-order valence-corrected chi connectivity index (χ1v) is 19.7. The maximum Gasteiger partial charge on any atom is 0.161 e. The molecule has 1 aliphatic rings. The predicted octanol–water partition coefficient (Wildman–Crippen LogP) is 14.6. The van der Waals surface area contributed by atoms with E-state index in [0.29, 0.717) is 5.82 Å². The third-order valence-corrected chi connectivity index (χ3v) is 12.0. The van der Waals surface area contributed by atoms with E-state index >= 15 is 0 Å². The molecule has 2 nitrogen and oxygen atoms in total. The van der Waals surface area contributed by atoms with E-state index in [9.17, 15) is 0 Å². The first-order valence-electron chi connectivity index (χ1n) is 19.7. The van der Waals surface area contributed by atoms with Crippen LogP contribution in [0.3, 0.4) is 0 Å². The van der Waals surface area contributed by atoms with E-state index in [2.05, 4.69) is 202 Å². The van der Waals surface area contributed by atoms with Gasteiger partial charge in [-0.1, -0.05) is 172 Å². The summed E-state index contributed by atoms with van der Waals surface area (Å²) in [5, 5.41) is 7.35. The summed E-state index contributed by atoms with van der Waals surface area (Å²) in [7, 11) is 0. The molecule has 0 saturated carbocycles. The summed E-state index contributed by atoms with van der Waals surface area (Å²) in [6.45, 7) is 4.76. The highest BCUT2D eigenvalue weighted by Crippen LogP contribution is 2.54. The fraction of sp³-hybridized carbons (Fsp3) is 0.0545. The Labute approximate surface area is 332 Å². The summed E-state index contributed by atoms with van der Waals surface area (Å²) >= 11 is 0. The Morgan fingerprint density at radius 1 is 0.333 bits per heavy atom. The molecule has 0 unspecified atom stereocenters. The summed E-state index contributed by atoms with van der Waals surface area (Å²) in [4.78, 5) is 10.7. The molecule has 0 radical (unpaired) electrons. The molecule has 1 heterocycles. The topological polar surface area (TPSA) is 25.8 Å². The lowest BCUT2D eigenvalue weighted by Gasteiger charge is -2.25. The Hall–Kier alpha value is -7.16. The number of aromatic nitrogens is 2. The van der Waals surface area contributed by atoms with E-state index in [1.165, 1.54) is 65.9 Å². The standard InChI is InChI=1S/C55H38N2/c1-55(2)50-33-40-19-9-8-18-39(40)32-49(50)47-25-13-24-46(53(47)55)45-28-29-48(44-23-11-10-22-43(44)45)54-56-51(36-15-4-3-5-16-36)34-52(57-54)42-21-12-20-38(31-42)41-27-26-35-14-6-7-17-37(35)30-41/h3-34H,1-2H3. The summed E-state index contributed by atoms with van der Waals surface area (Å²) in [5.74, 6) is 0.711. The largest absolute Gasteiger partial charge is 0.228 e. The Balaban J connectivity index is 1.07. The van der Waals surface area contributed by atoms with Gasteiger partial charge in [0, 0.05) is 22.1 Å². The van der Waals surface area contributed by atoms with Crippen LogP contribution in [0.25, 0.3) is 99.6 Å². The van der Waals surface area contributed by atoms with Crippen molar-refractivity contribution in [3.05, 3.63) is 205 Å². The van der Waals surface area contributed by atoms with Crippen LogP contribution in [-0.2, 0) is 5.41 Å². The molecule has 1 aliphatic carbocycles. The van der Waals surface area contributed by atoms with Crippen LogP contribution in [0.4, 0.5) is 0 Å². The molecule has 9 aromatic carbocycles. The number of benzene rings is 9. The molecule has 268 valence electrons. The van der Waals surface area contributed by atoms with Crippen molar-refractivity contribution in [1.82, 2.24) is 9.97 Å². The number of fused-ring (bicyclic) bond motifs is 6. The van der Waals surface area contributed by atoms with Gasteiger partial charge in [-0.2, -0.15) is 0 Å². The van der Waals surface area contributed by atoms with E-state index in [-0.39, 0.29) is 5.41 Å². The minimum Gasteiger partial charge on any atom is -0.228 e. The third kappa shape index (κ3) is 5.48. The van der Waals surface area contributed by atoms with Crippen LogP contribution in [0.2, 0.25) is 0 Å². The summed E-state index contributed by atoms with van der Waals surface area (Å²) in [6.07, 6.45) is 0. The Morgan fingerprint density at radius 2 is 0.877 bits per heavy atom. The highest BCUT2D eigenvalue weighted by atomic mass is 14.9. The Bertz CT molecular complexity index is 3210. The monoisotopic (exact) mass is 726 g/mol. The van der Waals surface area contributed by atoms with Gasteiger partial charge in [0.2, 0.25) is 0 Å². The van der Waals surface area contributed by atoms with Crippen LogP contribution in [0.1, 0.15) is 25.0 Å². The lowest BCUT2D eigenvalue weighted by molar-refractivity contribution is 0.663. The van der Waals surface area contributed by atoms with Crippen molar-refractivity contribution >= 4 is 32.3 Å². The zero-order chi connectivity index (χ0) is 38.1. The fourth-order valence-corrected chi connectivity index (χ4v) is 9.22. The second-order valence-corrected chi connectivity index (χ2v) is 15.8. The molecule has 10 aromatic rings. The second kappa shape index (κ2) is 13.0. The minimum absolute atomic E-state index is 0.172. The molecule has 0 bridgehead atoms. The van der Waals surface area contributed by atoms with E-state index < -0.39 is 0 Å². The van der Waals surface area contributed by atoms with Gasteiger partial charge in [-0.15, -0.1) is 0 Å². The van der Waals surface area contributed by atoms with Gasteiger partial charge in [-0.3, -0.25) is 0 Å². The highest BCUT2D eigenvalue weighted by molar-refractivity contribution is 6.06. The molecule has 0 atom stereocenters. The van der Waals surface area contributed by atoms with Crippen LogP contribution in [-0.4, -0.2) is 9.97 Å². The second-order valence-electron chi connectivity index (χ2n) is 15.8. The molecule has 57 heavy (non-hydrogen) atoms. The highest BCUT2D eigenvalue weighted by Gasteiger charge is 2.38. The van der Waals surface area contributed by atoms with Crippen LogP contribution in [0.5, 0.6) is 0 Å². The average molecular weight is 727 g/mol. The molecular weight excluding hydrogens is 689 g/mol. The molecular formula is C55H38N2. The fourth-order valence-electron chi connectivity index (χ4n) is 9.22. The van der Waals surface area contributed by atoms with Crippen molar-refractivity contribution in [3.8, 4) is 67.3 Å². The lowest BCUT2D eigenvalue weighted by atomic mass is 9.78. The van der Waals surface area contributed by atoms with E-state index in [1.807, 2.05) is 6.07 Å². The maximum absolute atomic E-state index is 5.36. The first-order chi connectivity index (χ1) is 28.0. The summed E-state index contributed by atoms with van der Waals surface area (Å²) in [5.41, 5.74) is 15.0. The molecule has 0 fully saturated rings. The van der Waals surface area contributed by atoms with E-state index in [4.69, 9.17) is 9.97 Å². The maximum atomic E-state index is 5.36. The van der Waals surface area contributed by atoms with Gasteiger partial charge < -0.3 is 0 Å². The quantitative estimate of drug-likeness (QED) is 0.176. The molecule has 0 spiro atoms. The van der Waals surface area contributed by atoms with E-state index in [1.54, 1.807) is 0 Å². The van der Waals surface area contributed by atoms with Gasteiger partial charge in [-0.25, -0.2) is 9.97 Å². The molecule has 0 saturated heterocycles. The SMILES string of the molecule is CC1(C)c2cc3ccccc3cc2-c2cccc(-c3ccc(-c4nc(-c5ccccc5)cc(-c5cccc(-c6ccc7ccccc7c6)c5)n4)c4ccccc34)c21. The number of hydrogen-bond donors (Lipinski definition) is 0. The van der Waals surface area contributed by atoms with Gasteiger partial charge in [0.15, 0.2) is 5.82 Å². The average Bonchev–Trinajstić information content (AvgIpc) is 3.50. The lowest BCUT2D eigenvalue weighted by Crippen LogP contribution is -2.16. The van der Waals surface area contributed by atoms with Crippen molar-refractivity contribution in [2.75, 3.05) is 0 Å². The zero-order valence-electron chi connectivity index (χ0n) is 31.9. The first kappa shape index (κ1) is 33.2. The van der Waals surface area contributed by atoms with E-state index in [0.717, 1.165) is 39.0 Å².